The molecule has 0 radical (unpaired) electrons. The number of Topliss-reactive ketones (excluding diaryl/α,β-unsaturated/α-hetero) is 1. The molecule has 25 heavy (non-hydrogen) atoms. The third-order valence-electron chi connectivity index (χ3n) is 3.98. The molecule has 0 aliphatic rings. The van der Waals surface area contributed by atoms with Crippen molar-refractivity contribution in [2.45, 2.75) is 19.4 Å². The molecule has 0 fully saturated rings. The Morgan fingerprint density at radius 1 is 1.12 bits per heavy atom. The SMILES string of the molecule is C=C(O)C(CC(C)=O)[n+]1ccc(/C=C/c2ccc(N(C)C)cc2)cc1. The fourth-order valence-corrected chi connectivity index (χ4v) is 2.51. The Balaban J connectivity index is 2.11. The standard InChI is InChI=1S/C21H24N2O2/c1-16(24)15-21(17(2)25)23-13-11-19(12-14-23)6-5-18-7-9-20(10-8-18)22(3)4/h5-14,21H,2,15H2,1,3-4H3/p+1. The van der Waals surface area contributed by atoms with Gasteiger partial charge in [0.1, 0.15) is 5.78 Å². The van der Waals surface area contributed by atoms with E-state index in [9.17, 15) is 9.90 Å². The molecule has 0 saturated heterocycles. The molecule has 0 saturated carbocycles. The van der Waals surface area contributed by atoms with E-state index in [1.807, 2.05) is 44.7 Å². The van der Waals surface area contributed by atoms with Crippen molar-refractivity contribution in [3.8, 4) is 0 Å². The quantitative estimate of drug-likeness (QED) is 0.617. The summed E-state index contributed by atoms with van der Waals surface area (Å²) in [5.74, 6) is 0.00215. The van der Waals surface area contributed by atoms with Crippen molar-refractivity contribution in [2.24, 2.45) is 0 Å². The number of hydrogen-bond acceptors (Lipinski definition) is 3. The fraction of sp³-hybridized carbons (Fsp3) is 0.238. The van der Waals surface area contributed by atoms with E-state index in [1.165, 1.54) is 12.6 Å². The molecule has 4 nitrogen and oxygen atoms in total. The Labute approximate surface area is 149 Å². The van der Waals surface area contributed by atoms with E-state index >= 15 is 0 Å². The van der Waals surface area contributed by atoms with Gasteiger partial charge in [0.2, 0.25) is 6.04 Å². The highest BCUT2D eigenvalue weighted by Crippen LogP contribution is 2.15. The molecule has 0 bridgehead atoms. The monoisotopic (exact) mass is 337 g/mol. The number of anilines is 1. The molecular formula is C21H25N2O2+. The molecule has 1 atom stereocenters. The number of aliphatic hydroxyl groups is 1. The first kappa shape index (κ1) is 18.5. The predicted octanol–water partition coefficient (Wildman–Crippen LogP) is 3.80. The predicted molar refractivity (Wildman–Crippen MR) is 102 cm³/mol. The van der Waals surface area contributed by atoms with Crippen LogP contribution in [0.15, 0.2) is 61.1 Å². The summed E-state index contributed by atoms with van der Waals surface area (Å²) >= 11 is 0. The average Bonchev–Trinajstić information content (AvgIpc) is 2.58. The maximum Gasteiger partial charge on any atom is 0.220 e. The number of rotatable bonds is 7. The molecule has 2 rings (SSSR count). The van der Waals surface area contributed by atoms with Gasteiger partial charge in [-0.1, -0.05) is 30.9 Å². The Kier molecular flexibility index (Phi) is 6.12. The van der Waals surface area contributed by atoms with E-state index in [2.05, 4.69) is 41.8 Å². The van der Waals surface area contributed by atoms with Gasteiger partial charge in [0.15, 0.2) is 18.2 Å². The van der Waals surface area contributed by atoms with Crippen LogP contribution in [0.5, 0.6) is 0 Å². The number of hydrogen-bond donors (Lipinski definition) is 1. The van der Waals surface area contributed by atoms with E-state index in [-0.39, 0.29) is 18.0 Å². The minimum atomic E-state index is -0.422. The van der Waals surface area contributed by atoms with Gasteiger partial charge in [0, 0.05) is 31.9 Å². The molecule has 1 unspecified atom stereocenters. The molecular weight excluding hydrogens is 312 g/mol. The van der Waals surface area contributed by atoms with Gasteiger partial charge in [0.25, 0.3) is 0 Å². The van der Waals surface area contributed by atoms with E-state index in [0.717, 1.165) is 11.1 Å². The van der Waals surface area contributed by atoms with Crippen molar-refractivity contribution in [3.05, 3.63) is 72.3 Å². The van der Waals surface area contributed by atoms with Crippen molar-refractivity contribution < 1.29 is 14.5 Å². The average molecular weight is 337 g/mol. The molecule has 1 N–H and O–H groups in total. The first-order valence-electron chi connectivity index (χ1n) is 8.20. The van der Waals surface area contributed by atoms with Gasteiger partial charge in [-0.3, -0.25) is 4.79 Å². The summed E-state index contributed by atoms with van der Waals surface area (Å²) in [5.41, 5.74) is 3.33. The van der Waals surface area contributed by atoms with Crippen LogP contribution >= 0.6 is 0 Å². The molecule has 2 aromatic rings. The van der Waals surface area contributed by atoms with Gasteiger partial charge in [-0.15, -0.1) is 0 Å². The van der Waals surface area contributed by atoms with Crippen LogP contribution in [-0.4, -0.2) is 25.0 Å². The lowest BCUT2D eigenvalue weighted by Crippen LogP contribution is -2.40. The summed E-state index contributed by atoms with van der Waals surface area (Å²) < 4.78 is 1.80. The minimum absolute atomic E-state index is 0.00975. The third-order valence-corrected chi connectivity index (χ3v) is 3.98. The molecule has 1 heterocycles. The summed E-state index contributed by atoms with van der Waals surface area (Å²) in [5, 5.41) is 9.71. The summed E-state index contributed by atoms with van der Waals surface area (Å²) in [6.07, 6.45) is 8.01. The second-order valence-electron chi connectivity index (χ2n) is 6.31. The first-order chi connectivity index (χ1) is 11.9. The second-order valence-corrected chi connectivity index (χ2v) is 6.31. The van der Waals surface area contributed by atoms with Crippen molar-refractivity contribution in [2.75, 3.05) is 19.0 Å². The lowest BCUT2D eigenvalue weighted by Gasteiger charge is -2.11. The Morgan fingerprint density at radius 2 is 1.64 bits per heavy atom. The second kappa shape index (κ2) is 8.29. The highest BCUT2D eigenvalue weighted by Gasteiger charge is 2.23. The zero-order valence-electron chi connectivity index (χ0n) is 15.0. The normalized spacial score (nSPS) is 12.1. The summed E-state index contributed by atoms with van der Waals surface area (Å²) in [6.45, 7) is 5.08. The van der Waals surface area contributed by atoms with Crippen LogP contribution in [0.25, 0.3) is 12.2 Å². The van der Waals surface area contributed by atoms with Crippen LogP contribution in [0.1, 0.15) is 30.5 Å². The maximum atomic E-state index is 11.3. The van der Waals surface area contributed by atoms with Gasteiger partial charge >= 0.3 is 0 Å². The van der Waals surface area contributed by atoms with Crippen LogP contribution in [0, 0.1) is 0 Å². The summed E-state index contributed by atoms with van der Waals surface area (Å²) in [7, 11) is 4.04. The van der Waals surface area contributed by atoms with Gasteiger partial charge in [-0.25, -0.2) is 0 Å². The van der Waals surface area contributed by atoms with E-state index in [4.69, 9.17) is 0 Å². The molecule has 0 aliphatic heterocycles. The highest BCUT2D eigenvalue weighted by atomic mass is 16.3. The molecule has 0 amide bonds. The number of carbonyl (C=O) groups excluding carboxylic acids is 1. The van der Waals surface area contributed by atoms with Crippen LogP contribution in [-0.2, 0) is 4.79 Å². The lowest BCUT2D eigenvalue weighted by atomic mass is 10.1. The number of ketones is 1. The minimum Gasteiger partial charge on any atom is -0.506 e. The van der Waals surface area contributed by atoms with Crippen molar-refractivity contribution in [3.63, 3.8) is 0 Å². The zero-order chi connectivity index (χ0) is 18.4. The number of aromatic nitrogens is 1. The summed E-state index contributed by atoms with van der Waals surface area (Å²) in [6, 6.07) is 11.8. The molecule has 130 valence electrons. The van der Waals surface area contributed by atoms with E-state index < -0.39 is 6.04 Å². The van der Waals surface area contributed by atoms with Crippen molar-refractivity contribution in [1.82, 2.24) is 0 Å². The Hall–Kier alpha value is -2.88. The largest absolute Gasteiger partial charge is 0.506 e. The molecule has 0 spiro atoms. The number of nitrogens with zero attached hydrogens (tertiary/aromatic N) is 2. The van der Waals surface area contributed by atoms with Crippen LogP contribution in [0.4, 0.5) is 5.69 Å². The lowest BCUT2D eigenvalue weighted by molar-refractivity contribution is -0.716. The fourth-order valence-electron chi connectivity index (χ4n) is 2.51. The number of aliphatic hydroxyl groups excluding tert-OH is 1. The maximum absolute atomic E-state index is 11.3. The Bertz CT molecular complexity index is 759. The molecule has 0 aliphatic carbocycles. The van der Waals surface area contributed by atoms with E-state index in [0.29, 0.717) is 0 Å². The number of pyridine rings is 1. The van der Waals surface area contributed by atoms with Crippen molar-refractivity contribution in [1.29, 1.82) is 0 Å². The Morgan fingerprint density at radius 3 is 2.08 bits per heavy atom. The van der Waals surface area contributed by atoms with Gasteiger partial charge in [-0.05, 0) is 30.2 Å². The number of carbonyl (C=O) groups is 1. The van der Waals surface area contributed by atoms with E-state index in [1.54, 1.807) is 4.57 Å². The molecule has 1 aromatic carbocycles. The topological polar surface area (TPSA) is 44.4 Å². The smallest absolute Gasteiger partial charge is 0.220 e. The number of benzene rings is 1. The van der Waals surface area contributed by atoms with Crippen molar-refractivity contribution >= 4 is 23.6 Å². The number of allylic oxidation sites excluding steroid dienone is 1. The third kappa shape index (κ3) is 5.31. The van der Waals surface area contributed by atoms with Gasteiger partial charge in [-0.2, -0.15) is 4.57 Å². The van der Waals surface area contributed by atoms with Crippen LogP contribution < -0.4 is 9.47 Å². The van der Waals surface area contributed by atoms with Crippen LogP contribution in [0.3, 0.4) is 0 Å². The summed E-state index contributed by atoms with van der Waals surface area (Å²) in [4.78, 5) is 13.4. The van der Waals surface area contributed by atoms with Gasteiger partial charge < -0.3 is 10.0 Å². The van der Waals surface area contributed by atoms with Crippen LogP contribution in [0.2, 0.25) is 0 Å². The van der Waals surface area contributed by atoms with Gasteiger partial charge in [0.05, 0.1) is 6.42 Å². The molecule has 4 heteroatoms. The highest BCUT2D eigenvalue weighted by molar-refractivity contribution is 5.76. The first-order valence-corrected chi connectivity index (χ1v) is 8.20. The molecule has 1 aromatic heterocycles. The zero-order valence-corrected chi connectivity index (χ0v) is 15.0.